The van der Waals surface area contributed by atoms with Crippen LogP contribution in [0.15, 0.2) is 12.7 Å². The van der Waals surface area contributed by atoms with Gasteiger partial charge in [0.2, 0.25) is 0 Å². The first-order chi connectivity index (χ1) is 3.41. The smallest absolute Gasteiger partial charge is 0.0749 e. The number of unbranched alkanes of at least 4 members (excludes halogenated alkanes) is 1. The Morgan fingerprint density at radius 3 is 2.86 bits per heavy atom. The van der Waals surface area contributed by atoms with Crippen molar-refractivity contribution in [2.75, 3.05) is 6.54 Å². The van der Waals surface area contributed by atoms with Crippen LogP contribution in [0.1, 0.15) is 12.8 Å². The minimum Gasteiger partial charge on any atom is -0.345 e. The molecule has 0 fully saturated rings. The van der Waals surface area contributed by atoms with E-state index in [1.807, 2.05) is 6.08 Å². The first-order valence-electron chi connectivity index (χ1n) is 2.67. The summed E-state index contributed by atoms with van der Waals surface area (Å²) in [5.41, 5.74) is 0. The van der Waals surface area contributed by atoms with Crippen LogP contribution in [0.3, 0.4) is 0 Å². The molecule has 0 unspecified atom stereocenters. The largest absolute Gasteiger partial charge is 0.345 e. The number of nitrogens with one attached hydrogen (secondary N) is 1. The fraction of sp³-hybridized carbons (Fsp3) is 0.600. The van der Waals surface area contributed by atoms with E-state index in [1.165, 1.54) is 6.42 Å². The van der Waals surface area contributed by atoms with Crippen molar-refractivity contribution < 1.29 is 0 Å². The first kappa shape index (κ1) is 6.92. The van der Waals surface area contributed by atoms with Gasteiger partial charge in [-0.2, -0.15) is 0 Å². The zero-order chi connectivity index (χ0) is 5.54. The quantitative estimate of drug-likeness (QED) is 0.304. The lowest BCUT2D eigenvalue weighted by Crippen LogP contribution is -2.08. The SMILES string of the molecule is C=CCCCN[SiH3]. The van der Waals surface area contributed by atoms with E-state index in [1.54, 1.807) is 0 Å². The summed E-state index contributed by atoms with van der Waals surface area (Å²) in [7, 11) is 1.12. The van der Waals surface area contributed by atoms with Gasteiger partial charge in [-0.05, 0) is 19.4 Å². The average Bonchev–Trinajstić information content (AvgIpc) is 1.69. The Bertz CT molecular complexity index is 45.3. The Morgan fingerprint density at radius 2 is 2.43 bits per heavy atom. The van der Waals surface area contributed by atoms with Gasteiger partial charge in [-0.25, -0.2) is 0 Å². The summed E-state index contributed by atoms with van der Waals surface area (Å²) in [5, 5.41) is 0. The van der Waals surface area contributed by atoms with Crippen molar-refractivity contribution >= 4 is 10.4 Å². The molecule has 0 aliphatic rings. The Kier molecular flexibility index (Phi) is 5.85. The standard InChI is InChI=1S/C5H13NSi/c1-2-3-4-5-6-7/h2,6H,1,3-5H2,7H3. The molecule has 0 radical (unpaired) electrons. The average molecular weight is 115 g/mol. The van der Waals surface area contributed by atoms with E-state index in [-0.39, 0.29) is 0 Å². The van der Waals surface area contributed by atoms with Crippen molar-refractivity contribution in [3.8, 4) is 0 Å². The molecule has 0 rings (SSSR count). The lowest BCUT2D eigenvalue weighted by molar-refractivity contribution is 0.810. The minimum atomic E-state index is 1.12. The Hall–Kier alpha value is -0.0831. The molecule has 2 heteroatoms. The van der Waals surface area contributed by atoms with Crippen molar-refractivity contribution in [1.29, 1.82) is 0 Å². The van der Waals surface area contributed by atoms with Crippen LogP contribution in [0.25, 0.3) is 0 Å². The van der Waals surface area contributed by atoms with E-state index < -0.39 is 0 Å². The molecule has 42 valence electrons. The van der Waals surface area contributed by atoms with Gasteiger partial charge < -0.3 is 4.98 Å². The lowest BCUT2D eigenvalue weighted by atomic mass is 10.3. The summed E-state index contributed by atoms with van der Waals surface area (Å²) in [6.45, 7) is 4.78. The fourth-order valence-corrected chi connectivity index (χ4v) is 0.777. The van der Waals surface area contributed by atoms with Gasteiger partial charge in [0, 0.05) is 0 Å². The lowest BCUT2D eigenvalue weighted by Gasteiger charge is -1.91. The number of allylic oxidation sites excluding steroid dienone is 1. The molecule has 0 aromatic rings. The predicted octanol–water partition coefficient (Wildman–Crippen LogP) is -0.177. The highest BCUT2D eigenvalue weighted by Crippen LogP contribution is 1.83. The highest BCUT2D eigenvalue weighted by molar-refractivity contribution is 6.04. The Labute approximate surface area is 48.3 Å². The van der Waals surface area contributed by atoms with Gasteiger partial charge in [0.1, 0.15) is 0 Å². The summed E-state index contributed by atoms with van der Waals surface area (Å²) < 4.78 is 0. The summed E-state index contributed by atoms with van der Waals surface area (Å²) in [5.74, 6) is 0. The Morgan fingerprint density at radius 1 is 1.71 bits per heavy atom. The molecule has 0 saturated carbocycles. The number of rotatable bonds is 4. The molecule has 0 aliphatic heterocycles. The van der Waals surface area contributed by atoms with Crippen molar-refractivity contribution in [2.45, 2.75) is 12.8 Å². The van der Waals surface area contributed by atoms with Gasteiger partial charge >= 0.3 is 0 Å². The molecule has 0 aliphatic carbocycles. The van der Waals surface area contributed by atoms with Crippen molar-refractivity contribution in [2.24, 2.45) is 0 Å². The highest BCUT2D eigenvalue weighted by atomic mass is 28.2. The summed E-state index contributed by atoms with van der Waals surface area (Å²) >= 11 is 0. The van der Waals surface area contributed by atoms with Gasteiger partial charge in [0.05, 0.1) is 10.4 Å². The summed E-state index contributed by atoms with van der Waals surface area (Å²) in [6.07, 6.45) is 4.35. The molecule has 0 bridgehead atoms. The molecule has 7 heavy (non-hydrogen) atoms. The van der Waals surface area contributed by atoms with E-state index >= 15 is 0 Å². The number of hydrogen-bond acceptors (Lipinski definition) is 1. The molecule has 0 aromatic heterocycles. The van der Waals surface area contributed by atoms with E-state index in [9.17, 15) is 0 Å². The van der Waals surface area contributed by atoms with Gasteiger partial charge in [0.15, 0.2) is 0 Å². The highest BCUT2D eigenvalue weighted by Gasteiger charge is 1.75. The van der Waals surface area contributed by atoms with Gasteiger partial charge in [-0.15, -0.1) is 6.58 Å². The molecule has 1 N–H and O–H groups in total. The van der Waals surface area contributed by atoms with Crippen LogP contribution < -0.4 is 4.98 Å². The molecule has 0 aromatic carbocycles. The molecule has 0 spiro atoms. The normalized spacial score (nSPS) is 9.14. The van der Waals surface area contributed by atoms with Gasteiger partial charge in [0.25, 0.3) is 0 Å². The Balaban J connectivity index is 2.56. The van der Waals surface area contributed by atoms with E-state index in [2.05, 4.69) is 11.6 Å². The summed E-state index contributed by atoms with van der Waals surface area (Å²) in [4.78, 5) is 3.19. The molecule has 0 saturated heterocycles. The van der Waals surface area contributed by atoms with E-state index in [4.69, 9.17) is 0 Å². The third-order valence-corrected chi connectivity index (χ3v) is 1.34. The van der Waals surface area contributed by atoms with Crippen LogP contribution in [0, 0.1) is 0 Å². The molecule has 0 amide bonds. The maximum atomic E-state index is 3.62. The van der Waals surface area contributed by atoms with Crippen LogP contribution >= 0.6 is 0 Å². The molecular formula is C5H13NSi. The first-order valence-corrected chi connectivity index (χ1v) is 3.67. The van der Waals surface area contributed by atoms with Gasteiger partial charge in [-0.3, -0.25) is 0 Å². The van der Waals surface area contributed by atoms with E-state index in [0.29, 0.717) is 0 Å². The second-order valence-corrected chi connectivity index (χ2v) is 2.24. The second kappa shape index (κ2) is 5.92. The zero-order valence-electron chi connectivity index (χ0n) is 4.91. The second-order valence-electron chi connectivity index (χ2n) is 1.53. The van der Waals surface area contributed by atoms with E-state index in [0.717, 1.165) is 23.4 Å². The third kappa shape index (κ3) is 5.92. The maximum Gasteiger partial charge on any atom is 0.0749 e. The van der Waals surface area contributed by atoms with Gasteiger partial charge in [-0.1, -0.05) is 6.08 Å². The minimum absolute atomic E-state index is 1.12. The number of hydrogen-bond donors (Lipinski definition) is 1. The molecule has 0 heterocycles. The third-order valence-electron chi connectivity index (χ3n) is 0.835. The van der Waals surface area contributed by atoms with Crippen LogP contribution in [0.5, 0.6) is 0 Å². The fourth-order valence-electron chi connectivity index (χ4n) is 0.423. The topological polar surface area (TPSA) is 12.0 Å². The molecule has 0 atom stereocenters. The zero-order valence-corrected chi connectivity index (χ0v) is 6.91. The molecular weight excluding hydrogens is 102 g/mol. The van der Waals surface area contributed by atoms with Crippen molar-refractivity contribution in [1.82, 2.24) is 4.98 Å². The van der Waals surface area contributed by atoms with Crippen molar-refractivity contribution in [3.63, 3.8) is 0 Å². The monoisotopic (exact) mass is 115 g/mol. The van der Waals surface area contributed by atoms with Crippen LogP contribution in [0.4, 0.5) is 0 Å². The van der Waals surface area contributed by atoms with Crippen LogP contribution in [-0.4, -0.2) is 16.9 Å². The van der Waals surface area contributed by atoms with Crippen LogP contribution in [-0.2, 0) is 0 Å². The van der Waals surface area contributed by atoms with Crippen LogP contribution in [0.2, 0.25) is 0 Å². The molecule has 1 nitrogen and oxygen atoms in total. The maximum absolute atomic E-state index is 3.62. The van der Waals surface area contributed by atoms with Crippen molar-refractivity contribution in [3.05, 3.63) is 12.7 Å². The summed E-state index contributed by atoms with van der Waals surface area (Å²) in [6, 6.07) is 0. The predicted molar refractivity (Wildman–Crippen MR) is 37.4 cm³/mol.